The highest BCUT2D eigenvalue weighted by molar-refractivity contribution is 5.76. The molecule has 1 aromatic carbocycles. The number of aromatic nitrogens is 3. The van der Waals surface area contributed by atoms with Crippen LogP contribution in [-0.2, 0) is 17.6 Å². The van der Waals surface area contributed by atoms with Gasteiger partial charge in [-0.3, -0.25) is 4.79 Å². The maximum absolute atomic E-state index is 13.8. The molecule has 0 spiro atoms. The summed E-state index contributed by atoms with van der Waals surface area (Å²) in [6, 6.07) is 12.2. The van der Waals surface area contributed by atoms with Crippen LogP contribution in [0.2, 0.25) is 0 Å². The summed E-state index contributed by atoms with van der Waals surface area (Å²) in [6.07, 6.45) is 6.64. The maximum Gasteiger partial charge on any atom is 0.220 e. The van der Waals surface area contributed by atoms with Gasteiger partial charge < -0.3 is 14.1 Å². The second-order valence-corrected chi connectivity index (χ2v) is 6.40. The molecular formula is C21H19FN4O2. The molecule has 3 heterocycles. The van der Waals surface area contributed by atoms with E-state index in [2.05, 4.69) is 15.3 Å². The van der Waals surface area contributed by atoms with Gasteiger partial charge in [-0.2, -0.15) is 0 Å². The fourth-order valence-corrected chi connectivity index (χ4v) is 2.96. The average Bonchev–Trinajstić information content (AvgIpc) is 3.33. The van der Waals surface area contributed by atoms with Gasteiger partial charge in [0, 0.05) is 38.2 Å². The van der Waals surface area contributed by atoms with E-state index in [4.69, 9.17) is 4.42 Å². The Morgan fingerprint density at radius 1 is 1.14 bits per heavy atom. The monoisotopic (exact) mass is 378 g/mol. The minimum absolute atomic E-state index is 0.0885. The normalized spacial score (nSPS) is 11.0. The molecule has 6 nitrogen and oxygen atoms in total. The Balaban J connectivity index is 1.25. The molecule has 4 aromatic rings. The van der Waals surface area contributed by atoms with Crippen LogP contribution in [0.5, 0.6) is 0 Å². The number of aryl methyl sites for hydroxylation is 1. The number of imidazole rings is 1. The third kappa shape index (κ3) is 4.09. The minimum atomic E-state index is -0.366. The molecule has 1 N–H and O–H groups in total. The third-order valence-electron chi connectivity index (χ3n) is 4.38. The van der Waals surface area contributed by atoms with Crippen LogP contribution in [0, 0.1) is 5.82 Å². The van der Waals surface area contributed by atoms with E-state index in [1.54, 1.807) is 18.2 Å². The largest absolute Gasteiger partial charge is 0.441 e. The second-order valence-electron chi connectivity index (χ2n) is 6.40. The van der Waals surface area contributed by atoms with Crippen LogP contribution >= 0.6 is 0 Å². The fourth-order valence-electron chi connectivity index (χ4n) is 2.96. The van der Waals surface area contributed by atoms with Gasteiger partial charge in [0.15, 0.2) is 11.7 Å². The Morgan fingerprint density at radius 3 is 2.86 bits per heavy atom. The molecule has 0 saturated heterocycles. The number of carbonyl (C=O) groups excluding carboxylic acids is 1. The molecule has 1 amide bonds. The highest BCUT2D eigenvalue weighted by Crippen LogP contribution is 2.23. The number of amides is 1. The predicted octanol–water partition coefficient (Wildman–Crippen LogP) is 3.42. The molecule has 0 unspecified atom stereocenters. The quantitative estimate of drug-likeness (QED) is 0.535. The van der Waals surface area contributed by atoms with Crippen LogP contribution in [-0.4, -0.2) is 26.8 Å². The Morgan fingerprint density at radius 2 is 2.00 bits per heavy atom. The lowest BCUT2D eigenvalue weighted by Gasteiger charge is -2.02. The number of halogens is 1. The van der Waals surface area contributed by atoms with E-state index in [0.29, 0.717) is 36.6 Å². The van der Waals surface area contributed by atoms with E-state index < -0.39 is 0 Å². The minimum Gasteiger partial charge on any atom is -0.441 e. The van der Waals surface area contributed by atoms with E-state index in [1.165, 1.54) is 12.3 Å². The summed E-state index contributed by atoms with van der Waals surface area (Å²) in [7, 11) is 0. The summed E-state index contributed by atoms with van der Waals surface area (Å²) < 4.78 is 21.3. The van der Waals surface area contributed by atoms with Gasteiger partial charge in [0.2, 0.25) is 5.91 Å². The van der Waals surface area contributed by atoms with E-state index >= 15 is 0 Å². The van der Waals surface area contributed by atoms with Crippen molar-refractivity contribution in [1.82, 2.24) is 19.7 Å². The van der Waals surface area contributed by atoms with Gasteiger partial charge >= 0.3 is 0 Å². The SMILES string of the molecule is O=C(CCc1ncc(-c2ccccc2F)o1)NCCc1cn2ccccc2n1. The van der Waals surface area contributed by atoms with E-state index in [0.717, 1.165) is 11.3 Å². The Labute approximate surface area is 161 Å². The number of fused-ring (bicyclic) bond motifs is 1. The topological polar surface area (TPSA) is 72.4 Å². The molecule has 3 aromatic heterocycles. The van der Waals surface area contributed by atoms with Crippen molar-refractivity contribution in [2.45, 2.75) is 19.3 Å². The van der Waals surface area contributed by atoms with Crippen molar-refractivity contribution in [2.24, 2.45) is 0 Å². The van der Waals surface area contributed by atoms with Gasteiger partial charge in [0.25, 0.3) is 0 Å². The average molecular weight is 378 g/mol. The van der Waals surface area contributed by atoms with E-state index in [9.17, 15) is 9.18 Å². The van der Waals surface area contributed by atoms with Crippen molar-refractivity contribution in [3.05, 3.63) is 78.5 Å². The zero-order valence-corrected chi connectivity index (χ0v) is 15.1. The van der Waals surface area contributed by atoms with Crippen molar-refractivity contribution >= 4 is 11.6 Å². The van der Waals surface area contributed by atoms with Gasteiger partial charge in [-0.25, -0.2) is 14.4 Å². The molecule has 0 bridgehead atoms. The summed E-state index contributed by atoms with van der Waals surface area (Å²) in [5, 5.41) is 2.88. The molecular weight excluding hydrogens is 359 g/mol. The van der Waals surface area contributed by atoms with Crippen LogP contribution in [0.25, 0.3) is 17.0 Å². The van der Waals surface area contributed by atoms with Gasteiger partial charge in [0.1, 0.15) is 11.5 Å². The molecule has 7 heteroatoms. The first kappa shape index (κ1) is 17.9. The van der Waals surface area contributed by atoms with Crippen LogP contribution in [0.4, 0.5) is 4.39 Å². The first-order chi connectivity index (χ1) is 13.7. The fraction of sp³-hybridized carbons (Fsp3) is 0.190. The summed E-state index contributed by atoms with van der Waals surface area (Å²) in [4.78, 5) is 20.7. The Kier molecular flexibility index (Phi) is 5.14. The number of rotatable bonds is 7. The number of nitrogens with one attached hydrogen (secondary N) is 1. The summed E-state index contributed by atoms with van der Waals surface area (Å²) >= 11 is 0. The summed E-state index contributed by atoms with van der Waals surface area (Å²) in [5.74, 6) is 0.318. The lowest BCUT2D eigenvalue weighted by molar-refractivity contribution is -0.121. The standard InChI is InChI=1S/C21H19FN4O2/c22-17-6-2-1-5-16(17)18-13-24-21(28-18)9-8-20(27)23-11-10-15-14-26-12-4-3-7-19(26)25-15/h1-7,12-14H,8-11H2,(H,23,27). The number of oxazole rings is 1. The van der Waals surface area contributed by atoms with Crippen LogP contribution < -0.4 is 5.32 Å². The molecule has 142 valence electrons. The maximum atomic E-state index is 13.8. The molecule has 0 fully saturated rings. The third-order valence-corrected chi connectivity index (χ3v) is 4.38. The molecule has 0 aliphatic rings. The molecule has 0 saturated carbocycles. The molecule has 4 rings (SSSR count). The van der Waals surface area contributed by atoms with Gasteiger partial charge in [-0.1, -0.05) is 18.2 Å². The van der Waals surface area contributed by atoms with Crippen molar-refractivity contribution in [3.63, 3.8) is 0 Å². The number of hydrogen-bond donors (Lipinski definition) is 1. The van der Waals surface area contributed by atoms with Crippen LogP contribution in [0.3, 0.4) is 0 Å². The van der Waals surface area contributed by atoms with E-state index in [-0.39, 0.29) is 18.1 Å². The zero-order valence-electron chi connectivity index (χ0n) is 15.1. The second kappa shape index (κ2) is 8.04. The zero-order chi connectivity index (χ0) is 19.3. The van der Waals surface area contributed by atoms with Crippen LogP contribution in [0.15, 0.2) is 65.5 Å². The summed E-state index contributed by atoms with van der Waals surface area (Å²) in [6.45, 7) is 0.509. The first-order valence-corrected chi connectivity index (χ1v) is 9.08. The molecule has 28 heavy (non-hydrogen) atoms. The number of carbonyl (C=O) groups is 1. The smallest absolute Gasteiger partial charge is 0.220 e. The van der Waals surface area contributed by atoms with Crippen molar-refractivity contribution in [1.29, 1.82) is 0 Å². The Bertz CT molecular complexity index is 1070. The van der Waals surface area contributed by atoms with Crippen molar-refractivity contribution in [3.8, 4) is 11.3 Å². The molecule has 0 radical (unpaired) electrons. The number of hydrogen-bond acceptors (Lipinski definition) is 4. The highest BCUT2D eigenvalue weighted by Gasteiger charge is 2.12. The predicted molar refractivity (Wildman–Crippen MR) is 102 cm³/mol. The van der Waals surface area contributed by atoms with Gasteiger partial charge in [-0.15, -0.1) is 0 Å². The summed E-state index contributed by atoms with van der Waals surface area (Å²) in [5.41, 5.74) is 2.17. The number of benzene rings is 1. The van der Waals surface area contributed by atoms with Crippen LogP contribution in [0.1, 0.15) is 18.0 Å². The highest BCUT2D eigenvalue weighted by atomic mass is 19.1. The van der Waals surface area contributed by atoms with Gasteiger partial charge in [0.05, 0.1) is 17.5 Å². The van der Waals surface area contributed by atoms with E-state index in [1.807, 2.05) is 35.0 Å². The molecule has 0 aliphatic heterocycles. The molecule has 0 atom stereocenters. The number of nitrogens with zero attached hydrogens (tertiary/aromatic N) is 3. The number of pyridine rings is 1. The van der Waals surface area contributed by atoms with Crippen molar-refractivity contribution < 1.29 is 13.6 Å². The Hall–Kier alpha value is -3.48. The first-order valence-electron chi connectivity index (χ1n) is 9.08. The lowest BCUT2D eigenvalue weighted by Crippen LogP contribution is -2.26. The lowest BCUT2D eigenvalue weighted by atomic mass is 10.2. The van der Waals surface area contributed by atoms with Gasteiger partial charge in [-0.05, 0) is 24.3 Å². The molecule has 0 aliphatic carbocycles. The van der Waals surface area contributed by atoms with Crippen molar-refractivity contribution in [2.75, 3.05) is 6.54 Å².